The van der Waals surface area contributed by atoms with Crippen LogP contribution in [0.25, 0.3) is 0 Å². The Morgan fingerprint density at radius 3 is 2.63 bits per heavy atom. The summed E-state index contributed by atoms with van der Waals surface area (Å²) in [6, 6.07) is 3.57. The second-order valence-corrected chi connectivity index (χ2v) is 5.33. The first-order chi connectivity index (χ1) is 9.13. The minimum atomic E-state index is 0.126. The van der Waals surface area contributed by atoms with Crippen LogP contribution < -0.4 is 5.32 Å². The average Bonchev–Trinajstić information content (AvgIpc) is 2.92. The highest BCUT2D eigenvalue weighted by Crippen LogP contribution is 2.31. The van der Waals surface area contributed by atoms with Crippen LogP contribution >= 0.6 is 34.8 Å². The van der Waals surface area contributed by atoms with Gasteiger partial charge in [-0.1, -0.05) is 41.7 Å². The van der Waals surface area contributed by atoms with Crippen molar-refractivity contribution in [3.05, 3.63) is 51.0 Å². The quantitative estimate of drug-likeness (QED) is 0.790. The predicted molar refractivity (Wildman–Crippen MR) is 79.9 cm³/mol. The van der Waals surface area contributed by atoms with Gasteiger partial charge in [0, 0.05) is 29.5 Å². The van der Waals surface area contributed by atoms with E-state index in [0.717, 1.165) is 17.8 Å². The molecule has 19 heavy (non-hydrogen) atoms. The van der Waals surface area contributed by atoms with Gasteiger partial charge in [-0.25, -0.2) is 4.98 Å². The van der Waals surface area contributed by atoms with Gasteiger partial charge in [0.05, 0.1) is 16.1 Å². The highest BCUT2D eigenvalue weighted by Gasteiger charge is 2.14. The van der Waals surface area contributed by atoms with E-state index in [-0.39, 0.29) is 6.04 Å². The molecule has 0 radical (unpaired) electrons. The third-order valence-corrected chi connectivity index (χ3v) is 4.12. The second-order valence-electron chi connectivity index (χ2n) is 4.14. The number of rotatable bonds is 5. The Morgan fingerprint density at radius 1 is 1.26 bits per heavy atom. The topological polar surface area (TPSA) is 40.7 Å². The summed E-state index contributed by atoms with van der Waals surface area (Å²) in [5.41, 5.74) is 0.806. The SMILES string of the molecule is CCC(NCc1c(Cl)ccc(Cl)c1Cl)c1ncc[nH]1. The lowest BCUT2D eigenvalue weighted by Gasteiger charge is -2.16. The smallest absolute Gasteiger partial charge is 0.123 e. The predicted octanol–water partition coefficient (Wildman–Crippen LogP) is 4.61. The van der Waals surface area contributed by atoms with Gasteiger partial charge in [0.2, 0.25) is 0 Å². The molecule has 1 atom stereocenters. The number of halogens is 3. The van der Waals surface area contributed by atoms with Gasteiger partial charge >= 0.3 is 0 Å². The number of imidazole rings is 1. The lowest BCUT2D eigenvalue weighted by Crippen LogP contribution is -2.21. The lowest BCUT2D eigenvalue weighted by molar-refractivity contribution is 0.498. The fourth-order valence-corrected chi connectivity index (χ4v) is 2.54. The first kappa shape index (κ1) is 14.7. The van der Waals surface area contributed by atoms with Crippen LogP contribution in [0.2, 0.25) is 15.1 Å². The van der Waals surface area contributed by atoms with E-state index in [1.54, 1.807) is 24.5 Å². The fraction of sp³-hybridized carbons (Fsp3) is 0.308. The Balaban J connectivity index is 2.12. The molecule has 0 aliphatic heterocycles. The molecule has 2 aromatic rings. The normalized spacial score (nSPS) is 12.6. The molecule has 2 rings (SSSR count). The molecular formula is C13H14Cl3N3. The van der Waals surface area contributed by atoms with Gasteiger partial charge in [-0.3, -0.25) is 0 Å². The number of aromatic nitrogens is 2. The molecule has 0 aliphatic rings. The van der Waals surface area contributed by atoms with Crippen molar-refractivity contribution in [2.75, 3.05) is 0 Å². The van der Waals surface area contributed by atoms with Crippen molar-refractivity contribution in [1.82, 2.24) is 15.3 Å². The summed E-state index contributed by atoms with van der Waals surface area (Å²) in [7, 11) is 0. The van der Waals surface area contributed by atoms with E-state index in [2.05, 4.69) is 22.2 Å². The summed E-state index contributed by atoms with van der Waals surface area (Å²) in [4.78, 5) is 7.35. The minimum Gasteiger partial charge on any atom is -0.347 e. The van der Waals surface area contributed by atoms with Gasteiger partial charge in [-0.15, -0.1) is 0 Å². The summed E-state index contributed by atoms with van der Waals surface area (Å²) >= 11 is 18.3. The molecule has 1 aromatic carbocycles. The number of H-pyrrole nitrogens is 1. The Kier molecular flexibility index (Phi) is 5.11. The van der Waals surface area contributed by atoms with Gasteiger partial charge in [0.1, 0.15) is 5.82 Å². The number of nitrogens with one attached hydrogen (secondary N) is 2. The van der Waals surface area contributed by atoms with E-state index < -0.39 is 0 Å². The largest absolute Gasteiger partial charge is 0.347 e. The van der Waals surface area contributed by atoms with Gasteiger partial charge in [0.15, 0.2) is 0 Å². The van der Waals surface area contributed by atoms with Crippen molar-refractivity contribution < 1.29 is 0 Å². The maximum Gasteiger partial charge on any atom is 0.123 e. The van der Waals surface area contributed by atoms with Gasteiger partial charge < -0.3 is 10.3 Å². The molecule has 0 saturated heterocycles. The molecule has 102 valence electrons. The third kappa shape index (κ3) is 3.42. The molecule has 0 fully saturated rings. The summed E-state index contributed by atoms with van der Waals surface area (Å²) < 4.78 is 0. The molecule has 3 nitrogen and oxygen atoms in total. The van der Waals surface area contributed by atoms with E-state index in [9.17, 15) is 0 Å². The van der Waals surface area contributed by atoms with Crippen LogP contribution in [0.5, 0.6) is 0 Å². The number of hydrogen-bond acceptors (Lipinski definition) is 2. The lowest BCUT2D eigenvalue weighted by atomic mass is 10.1. The zero-order valence-corrected chi connectivity index (χ0v) is 12.6. The molecule has 0 spiro atoms. The van der Waals surface area contributed by atoms with Crippen LogP contribution in [-0.4, -0.2) is 9.97 Å². The van der Waals surface area contributed by atoms with E-state index >= 15 is 0 Å². The molecular weight excluding hydrogens is 305 g/mol. The minimum absolute atomic E-state index is 0.126. The van der Waals surface area contributed by atoms with Crippen LogP contribution in [-0.2, 0) is 6.54 Å². The van der Waals surface area contributed by atoms with Gasteiger partial charge in [0.25, 0.3) is 0 Å². The zero-order valence-electron chi connectivity index (χ0n) is 10.4. The molecule has 6 heteroatoms. The summed E-state index contributed by atoms with van der Waals surface area (Å²) in [6.45, 7) is 2.62. The Labute approximate surface area is 127 Å². The monoisotopic (exact) mass is 317 g/mol. The molecule has 0 amide bonds. The van der Waals surface area contributed by atoms with Crippen molar-refractivity contribution in [3.8, 4) is 0 Å². The van der Waals surface area contributed by atoms with E-state index in [1.807, 2.05) is 0 Å². The van der Waals surface area contributed by atoms with Crippen LogP contribution in [0.1, 0.15) is 30.8 Å². The van der Waals surface area contributed by atoms with Crippen molar-refractivity contribution in [1.29, 1.82) is 0 Å². The molecule has 0 bridgehead atoms. The first-order valence-electron chi connectivity index (χ1n) is 5.98. The molecule has 1 heterocycles. The van der Waals surface area contributed by atoms with Crippen molar-refractivity contribution in [2.24, 2.45) is 0 Å². The molecule has 1 unspecified atom stereocenters. The highest BCUT2D eigenvalue weighted by molar-refractivity contribution is 6.44. The van der Waals surface area contributed by atoms with Gasteiger partial charge in [-0.05, 0) is 18.6 Å². The maximum absolute atomic E-state index is 6.17. The van der Waals surface area contributed by atoms with Crippen molar-refractivity contribution in [3.63, 3.8) is 0 Å². The van der Waals surface area contributed by atoms with Crippen LogP contribution in [0.4, 0.5) is 0 Å². The zero-order chi connectivity index (χ0) is 13.8. The maximum atomic E-state index is 6.17. The fourth-order valence-electron chi connectivity index (χ4n) is 1.86. The Bertz CT molecular complexity index is 540. The molecule has 2 N–H and O–H groups in total. The molecule has 1 aromatic heterocycles. The number of hydrogen-bond donors (Lipinski definition) is 2. The Hall–Kier alpha value is -0.740. The summed E-state index contributed by atoms with van der Waals surface area (Å²) in [6.07, 6.45) is 4.45. The van der Waals surface area contributed by atoms with E-state index in [4.69, 9.17) is 34.8 Å². The highest BCUT2D eigenvalue weighted by atomic mass is 35.5. The van der Waals surface area contributed by atoms with E-state index in [1.165, 1.54) is 0 Å². The number of benzene rings is 1. The van der Waals surface area contributed by atoms with Crippen molar-refractivity contribution >= 4 is 34.8 Å². The summed E-state index contributed by atoms with van der Waals surface area (Å²) in [5.74, 6) is 0.900. The Morgan fingerprint density at radius 2 is 2.00 bits per heavy atom. The first-order valence-corrected chi connectivity index (χ1v) is 7.12. The number of nitrogens with zero attached hydrogens (tertiary/aromatic N) is 1. The van der Waals surface area contributed by atoms with Crippen molar-refractivity contribution in [2.45, 2.75) is 25.9 Å². The van der Waals surface area contributed by atoms with Crippen LogP contribution in [0.3, 0.4) is 0 Å². The second kappa shape index (κ2) is 6.62. The third-order valence-electron chi connectivity index (χ3n) is 2.92. The average molecular weight is 319 g/mol. The van der Waals surface area contributed by atoms with Gasteiger partial charge in [-0.2, -0.15) is 0 Å². The molecule has 0 aliphatic carbocycles. The summed E-state index contributed by atoms with van der Waals surface area (Å²) in [5, 5.41) is 4.99. The van der Waals surface area contributed by atoms with Crippen LogP contribution in [0.15, 0.2) is 24.5 Å². The molecule has 0 saturated carbocycles. The van der Waals surface area contributed by atoms with E-state index in [0.29, 0.717) is 21.6 Å². The van der Waals surface area contributed by atoms with Crippen LogP contribution in [0, 0.1) is 0 Å². The number of aromatic amines is 1. The standard InChI is InChI=1S/C13H14Cl3N3/c1-2-11(13-17-5-6-18-13)19-7-8-9(14)3-4-10(15)12(8)16/h3-6,11,19H,2,7H2,1H3,(H,17,18).